The average molecular weight is 235 g/mol. The second-order valence-electron chi connectivity index (χ2n) is 4.15. The SMILES string of the molecule is NNC(=O)C1CCC1c1cccc([N+](=O)[O-])c1. The molecule has 1 amide bonds. The Balaban J connectivity index is 2.20. The highest BCUT2D eigenvalue weighted by molar-refractivity contribution is 5.80. The minimum atomic E-state index is -0.430. The number of benzene rings is 1. The zero-order valence-electron chi connectivity index (χ0n) is 9.13. The predicted octanol–water partition coefficient (Wildman–Crippen LogP) is 1.08. The molecule has 6 heteroatoms. The second kappa shape index (κ2) is 4.50. The van der Waals surface area contributed by atoms with Crippen molar-refractivity contribution in [3.8, 4) is 0 Å². The van der Waals surface area contributed by atoms with Crippen molar-refractivity contribution in [2.75, 3.05) is 0 Å². The number of nitro groups is 1. The molecule has 1 aromatic carbocycles. The summed E-state index contributed by atoms with van der Waals surface area (Å²) < 4.78 is 0. The molecule has 0 radical (unpaired) electrons. The van der Waals surface area contributed by atoms with E-state index in [1.54, 1.807) is 6.07 Å². The zero-order chi connectivity index (χ0) is 12.4. The highest BCUT2D eigenvalue weighted by Crippen LogP contribution is 2.43. The molecule has 0 aromatic heterocycles. The Morgan fingerprint density at radius 2 is 2.24 bits per heavy atom. The van der Waals surface area contributed by atoms with Crippen LogP contribution in [0.1, 0.15) is 24.3 Å². The Bertz CT molecular complexity index is 461. The molecule has 1 aliphatic carbocycles. The van der Waals surface area contributed by atoms with Crippen LogP contribution in [0.4, 0.5) is 5.69 Å². The van der Waals surface area contributed by atoms with Gasteiger partial charge >= 0.3 is 0 Å². The molecular weight excluding hydrogens is 222 g/mol. The number of non-ortho nitro benzene ring substituents is 1. The first-order valence-electron chi connectivity index (χ1n) is 5.38. The van der Waals surface area contributed by atoms with Gasteiger partial charge in [-0.3, -0.25) is 20.3 Å². The minimum absolute atomic E-state index is 0.0402. The Labute approximate surface area is 97.9 Å². The summed E-state index contributed by atoms with van der Waals surface area (Å²) in [5, 5.41) is 10.7. The summed E-state index contributed by atoms with van der Waals surface area (Å²) >= 11 is 0. The van der Waals surface area contributed by atoms with Crippen molar-refractivity contribution < 1.29 is 9.72 Å². The van der Waals surface area contributed by atoms with E-state index in [9.17, 15) is 14.9 Å². The van der Waals surface area contributed by atoms with Crippen LogP contribution in [0.15, 0.2) is 24.3 Å². The summed E-state index contributed by atoms with van der Waals surface area (Å²) in [4.78, 5) is 21.7. The maximum absolute atomic E-state index is 11.4. The number of nitrogens with one attached hydrogen (secondary N) is 1. The van der Waals surface area contributed by atoms with E-state index in [0.29, 0.717) is 0 Å². The first-order chi connectivity index (χ1) is 8.13. The van der Waals surface area contributed by atoms with Gasteiger partial charge in [-0.2, -0.15) is 0 Å². The van der Waals surface area contributed by atoms with Crippen molar-refractivity contribution in [1.82, 2.24) is 5.43 Å². The molecule has 0 saturated heterocycles. The lowest BCUT2D eigenvalue weighted by molar-refractivity contribution is -0.384. The molecular formula is C11H13N3O3. The third-order valence-corrected chi connectivity index (χ3v) is 3.26. The standard InChI is InChI=1S/C11H13N3O3/c12-13-11(15)10-5-4-9(10)7-2-1-3-8(6-7)14(16)17/h1-3,6,9-10H,4-5,12H2,(H,13,15). The summed E-state index contributed by atoms with van der Waals surface area (Å²) in [5.74, 6) is 4.77. The van der Waals surface area contributed by atoms with E-state index in [4.69, 9.17) is 5.84 Å². The number of nitro benzene ring substituents is 1. The third kappa shape index (κ3) is 2.12. The normalized spacial score (nSPS) is 22.6. The minimum Gasteiger partial charge on any atom is -0.294 e. The van der Waals surface area contributed by atoms with Gasteiger partial charge < -0.3 is 0 Å². The topological polar surface area (TPSA) is 98.3 Å². The highest BCUT2D eigenvalue weighted by Gasteiger charge is 2.37. The van der Waals surface area contributed by atoms with Gasteiger partial charge in [-0.1, -0.05) is 12.1 Å². The van der Waals surface area contributed by atoms with E-state index in [2.05, 4.69) is 5.43 Å². The van der Waals surface area contributed by atoms with Gasteiger partial charge in [-0.15, -0.1) is 0 Å². The second-order valence-corrected chi connectivity index (χ2v) is 4.15. The van der Waals surface area contributed by atoms with Crippen LogP contribution in [-0.2, 0) is 4.79 Å². The van der Waals surface area contributed by atoms with Gasteiger partial charge in [-0.25, -0.2) is 5.84 Å². The zero-order valence-corrected chi connectivity index (χ0v) is 9.13. The van der Waals surface area contributed by atoms with Crippen molar-refractivity contribution in [2.24, 2.45) is 11.8 Å². The van der Waals surface area contributed by atoms with Gasteiger partial charge in [0.15, 0.2) is 0 Å². The molecule has 0 heterocycles. The Kier molecular flexibility index (Phi) is 3.06. The molecule has 0 bridgehead atoms. The van der Waals surface area contributed by atoms with Gasteiger partial charge in [0.05, 0.1) is 4.92 Å². The van der Waals surface area contributed by atoms with Crippen molar-refractivity contribution in [3.05, 3.63) is 39.9 Å². The summed E-state index contributed by atoms with van der Waals surface area (Å²) in [6, 6.07) is 6.43. The number of carbonyl (C=O) groups is 1. The Hall–Kier alpha value is -1.95. The lowest BCUT2D eigenvalue weighted by Crippen LogP contribution is -2.42. The van der Waals surface area contributed by atoms with Crippen LogP contribution in [0.25, 0.3) is 0 Å². The van der Waals surface area contributed by atoms with E-state index in [1.165, 1.54) is 12.1 Å². The number of nitrogens with two attached hydrogens (primary N) is 1. The van der Waals surface area contributed by atoms with Crippen LogP contribution >= 0.6 is 0 Å². The van der Waals surface area contributed by atoms with E-state index in [1.807, 2.05) is 6.07 Å². The van der Waals surface area contributed by atoms with Crippen LogP contribution < -0.4 is 11.3 Å². The number of hydrogen-bond donors (Lipinski definition) is 2. The van der Waals surface area contributed by atoms with E-state index in [0.717, 1.165) is 18.4 Å². The van der Waals surface area contributed by atoms with Crippen molar-refractivity contribution in [3.63, 3.8) is 0 Å². The summed E-state index contributed by atoms with van der Waals surface area (Å²) in [5.41, 5.74) is 3.02. The fraction of sp³-hybridized carbons (Fsp3) is 0.364. The number of amides is 1. The lowest BCUT2D eigenvalue weighted by atomic mass is 9.69. The van der Waals surface area contributed by atoms with E-state index in [-0.39, 0.29) is 23.4 Å². The molecule has 0 spiro atoms. The maximum atomic E-state index is 11.4. The fourth-order valence-electron chi connectivity index (χ4n) is 2.19. The third-order valence-electron chi connectivity index (χ3n) is 3.26. The summed E-state index contributed by atoms with van der Waals surface area (Å²) in [6.07, 6.45) is 1.63. The van der Waals surface area contributed by atoms with Gasteiger partial charge in [-0.05, 0) is 24.3 Å². The Morgan fingerprint density at radius 1 is 1.47 bits per heavy atom. The Morgan fingerprint density at radius 3 is 2.76 bits per heavy atom. The monoisotopic (exact) mass is 235 g/mol. The van der Waals surface area contributed by atoms with E-state index < -0.39 is 4.92 Å². The van der Waals surface area contributed by atoms with Gasteiger partial charge in [0.25, 0.3) is 5.69 Å². The number of hydrazine groups is 1. The fourth-order valence-corrected chi connectivity index (χ4v) is 2.19. The molecule has 1 fully saturated rings. The smallest absolute Gasteiger partial charge is 0.269 e. The molecule has 90 valence electrons. The molecule has 2 unspecified atom stereocenters. The quantitative estimate of drug-likeness (QED) is 0.354. The molecule has 1 saturated carbocycles. The largest absolute Gasteiger partial charge is 0.294 e. The van der Waals surface area contributed by atoms with Crippen LogP contribution in [0, 0.1) is 16.0 Å². The van der Waals surface area contributed by atoms with Gasteiger partial charge in [0.1, 0.15) is 0 Å². The first kappa shape index (κ1) is 11.5. The lowest BCUT2D eigenvalue weighted by Gasteiger charge is -2.35. The highest BCUT2D eigenvalue weighted by atomic mass is 16.6. The van der Waals surface area contributed by atoms with Gasteiger partial charge in [0, 0.05) is 18.1 Å². The molecule has 2 atom stereocenters. The molecule has 6 nitrogen and oxygen atoms in total. The number of rotatable bonds is 3. The van der Waals surface area contributed by atoms with Crippen LogP contribution in [-0.4, -0.2) is 10.8 Å². The summed E-state index contributed by atoms with van der Waals surface area (Å²) in [7, 11) is 0. The molecule has 0 aliphatic heterocycles. The molecule has 1 aromatic rings. The summed E-state index contributed by atoms with van der Waals surface area (Å²) in [6.45, 7) is 0. The number of nitrogens with zero attached hydrogens (tertiary/aromatic N) is 1. The molecule has 2 rings (SSSR count). The van der Waals surface area contributed by atoms with Crippen molar-refractivity contribution in [2.45, 2.75) is 18.8 Å². The van der Waals surface area contributed by atoms with Crippen molar-refractivity contribution in [1.29, 1.82) is 0 Å². The molecule has 3 N–H and O–H groups in total. The van der Waals surface area contributed by atoms with Crippen LogP contribution in [0.5, 0.6) is 0 Å². The van der Waals surface area contributed by atoms with Crippen LogP contribution in [0.2, 0.25) is 0 Å². The molecule has 17 heavy (non-hydrogen) atoms. The van der Waals surface area contributed by atoms with E-state index >= 15 is 0 Å². The number of hydrogen-bond acceptors (Lipinski definition) is 4. The molecule has 1 aliphatic rings. The number of carbonyl (C=O) groups excluding carboxylic acids is 1. The van der Waals surface area contributed by atoms with Gasteiger partial charge in [0.2, 0.25) is 5.91 Å². The first-order valence-corrected chi connectivity index (χ1v) is 5.38. The maximum Gasteiger partial charge on any atom is 0.269 e. The predicted molar refractivity (Wildman–Crippen MR) is 60.9 cm³/mol. The van der Waals surface area contributed by atoms with Crippen LogP contribution in [0.3, 0.4) is 0 Å². The van der Waals surface area contributed by atoms with Crippen molar-refractivity contribution >= 4 is 11.6 Å². The average Bonchev–Trinajstić information content (AvgIpc) is 2.27.